The van der Waals surface area contributed by atoms with Crippen molar-refractivity contribution in [2.75, 3.05) is 18.3 Å². The Morgan fingerprint density at radius 3 is 2.85 bits per heavy atom. The quantitative estimate of drug-likeness (QED) is 0.613. The number of hydrogen-bond acceptors (Lipinski definition) is 6. The maximum absolute atomic E-state index is 12.4. The molecule has 2 fully saturated rings. The maximum Gasteiger partial charge on any atom is 0.288 e. The van der Waals surface area contributed by atoms with E-state index in [1.165, 1.54) is 36.1 Å². The van der Waals surface area contributed by atoms with Crippen molar-refractivity contribution >= 4 is 51.9 Å². The molecule has 4 rings (SSSR count). The van der Waals surface area contributed by atoms with Crippen molar-refractivity contribution in [3.05, 3.63) is 28.7 Å². The second-order valence-corrected chi connectivity index (χ2v) is 8.57. The van der Waals surface area contributed by atoms with E-state index in [0.29, 0.717) is 33.2 Å². The minimum Gasteiger partial charge on any atom is -0.481 e. The Hall–Kier alpha value is -1.90. The molecule has 0 unspecified atom stereocenters. The molecule has 0 bridgehead atoms. The molecule has 0 radical (unpaired) electrons. The zero-order valence-electron chi connectivity index (χ0n) is 14.7. The smallest absolute Gasteiger partial charge is 0.288 e. The summed E-state index contributed by atoms with van der Waals surface area (Å²) in [6.07, 6.45) is 7.76. The summed E-state index contributed by atoms with van der Waals surface area (Å²) in [5.41, 5.74) is 1.35. The van der Waals surface area contributed by atoms with Gasteiger partial charge in [0.15, 0.2) is 6.61 Å². The average Bonchev–Trinajstić information content (AvgIpc) is 2.98. The molecule has 0 spiro atoms. The lowest BCUT2D eigenvalue weighted by atomic mass is 9.90. The molecule has 1 saturated heterocycles. The molecule has 1 N–H and O–H groups in total. The van der Waals surface area contributed by atoms with E-state index in [-0.39, 0.29) is 18.4 Å². The van der Waals surface area contributed by atoms with Crippen molar-refractivity contribution < 1.29 is 19.2 Å². The molecule has 6 nitrogen and oxygen atoms in total. The molecule has 2 amide bonds. The fraction of sp³-hybridized carbons (Fsp3) is 0.421. The fourth-order valence-corrected chi connectivity index (χ4v) is 4.53. The third kappa shape index (κ3) is 4.17. The highest BCUT2D eigenvalue weighted by atomic mass is 32.2. The van der Waals surface area contributed by atoms with Crippen molar-refractivity contribution in [2.24, 2.45) is 5.92 Å². The first-order valence-corrected chi connectivity index (χ1v) is 10.3. The third-order valence-corrected chi connectivity index (χ3v) is 6.05. The Morgan fingerprint density at radius 2 is 2.11 bits per heavy atom. The van der Waals surface area contributed by atoms with Gasteiger partial charge >= 0.3 is 0 Å². The van der Waals surface area contributed by atoms with Gasteiger partial charge in [0.05, 0.1) is 11.5 Å². The molecule has 3 aliphatic rings. The lowest BCUT2D eigenvalue weighted by molar-refractivity contribution is -0.130. The average molecular weight is 405 g/mol. The predicted octanol–water partition coefficient (Wildman–Crippen LogP) is 3.41. The van der Waals surface area contributed by atoms with E-state index in [0.717, 1.165) is 18.4 Å². The predicted molar refractivity (Wildman–Crippen MR) is 108 cm³/mol. The largest absolute Gasteiger partial charge is 0.481 e. The summed E-state index contributed by atoms with van der Waals surface area (Å²) < 4.78 is 5.97. The minimum atomic E-state index is -0.225. The Bertz CT molecular complexity index is 818. The SMILES string of the molecule is O=C1NC(=S)SC1=Cc1ccc2c(c1)N(OCC1CCCCC1)C(=O)CO2. The number of fused-ring (bicyclic) bond motifs is 1. The third-order valence-electron chi connectivity index (χ3n) is 4.88. The zero-order chi connectivity index (χ0) is 18.8. The first-order chi connectivity index (χ1) is 13.1. The summed E-state index contributed by atoms with van der Waals surface area (Å²) in [5.74, 6) is 0.653. The normalized spacial score (nSPS) is 22.0. The van der Waals surface area contributed by atoms with Gasteiger partial charge in [-0.25, -0.2) is 0 Å². The molecule has 142 valence electrons. The minimum absolute atomic E-state index is 0.0371. The maximum atomic E-state index is 12.4. The van der Waals surface area contributed by atoms with Gasteiger partial charge in [0.1, 0.15) is 15.8 Å². The monoisotopic (exact) mass is 404 g/mol. The van der Waals surface area contributed by atoms with Crippen molar-refractivity contribution in [3.8, 4) is 5.75 Å². The topological polar surface area (TPSA) is 67.9 Å². The summed E-state index contributed by atoms with van der Waals surface area (Å²) in [4.78, 5) is 30.7. The lowest BCUT2D eigenvalue weighted by Gasteiger charge is -2.30. The molecule has 2 aliphatic heterocycles. The van der Waals surface area contributed by atoms with Crippen LogP contribution in [-0.2, 0) is 14.4 Å². The molecule has 1 aromatic rings. The van der Waals surface area contributed by atoms with Crippen LogP contribution in [0, 0.1) is 5.92 Å². The summed E-state index contributed by atoms with van der Waals surface area (Å²) in [5, 5.41) is 3.94. The van der Waals surface area contributed by atoms with Gasteiger partial charge in [-0.1, -0.05) is 49.3 Å². The van der Waals surface area contributed by atoms with Crippen molar-refractivity contribution in [1.29, 1.82) is 0 Å². The summed E-state index contributed by atoms with van der Waals surface area (Å²) in [6.45, 7) is 0.494. The van der Waals surface area contributed by atoms with E-state index >= 15 is 0 Å². The van der Waals surface area contributed by atoms with Gasteiger partial charge < -0.3 is 10.1 Å². The number of anilines is 1. The van der Waals surface area contributed by atoms with Crippen LogP contribution in [0.5, 0.6) is 5.75 Å². The summed E-state index contributed by atoms with van der Waals surface area (Å²) in [6, 6.07) is 5.44. The van der Waals surface area contributed by atoms with E-state index < -0.39 is 0 Å². The number of carbonyl (C=O) groups is 2. The van der Waals surface area contributed by atoms with Gasteiger partial charge in [0, 0.05) is 0 Å². The highest BCUT2D eigenvalue weighted by molar-refractivity contribution is 8.26. The highest BCUT2D eigenvalue weighted by Crippen LogP contribution is 2.35. The Kier molecular flexibility index (Phi) is 5.47. The number of amides is 2. The van der Waals surface area contributed by atoms with Crippen LogP contribution < -0.4 is 15.1 Å². The molecule has 0 atom stereocenters. The van der Waals surface area contributed by atoms with Gasteiger partial charge in [0.25, 0.3) is 11.8 Å². The number of hydrogen-bond donors (Lipinski definition) is 1. The molecule has 1 aliphatic carbocycles. The van der Waals surface area contributed by atoms with Crippen LogP contribution in [0.3, 0.4) is 0 Å². The van der Waals surface area contributed by atoms with E-state index in [1.54, 1.807) is 18.2 Å². The summed E-state index contributed by atoms with van der Waals surface area (Å²) in [7, 11) is 0. The molecule has 27 heavy (non-hydrogen) atoms. The molecule has 8 heteroatoms. The van der Waals surface area contributed by atoms with Crippen LogP contribution in [0.1, 0.15) is 37.7 Å². The van der Waals surface area contributed by atoms with Crippen LogP contribution >= 0.6 is 24.0 Å². The van der Waals surface area contributed by atoms with E-state index in [4.69, 9.17) is 21.8 Å². The van der Waals surface area contributed by atoms with Gasteiger partial charge in [0.2, 0.25) is 0 Å². The number of rotatable bonds is 4. The highest BCUT2D eigenvalue weighted by Gasteiger charge is 2.29. The van der Waals surface area contributed by atoms with Crippen molar-refractivity contribution in [3.63, 3.8) is 0 Å². The Labute approximate surface area is 167 Å². The lowest BCUT2D eigenvalue weighted by Crippen LogP contribution is -2.40. The van der Waals surface area contributed by atoms with Crippen LogP contribution in [0.2, 0.25) is 0 Å². The van der Waals surface area contributed by atoms with Crippen LogP contribution in [-0.4, -0.2) is 29.3 Å². The van der Waals surface area contributed by atoms with Gasteiger partial charge in [-0.3, -0.25) is 14.4 Å². The molecular weight excluding hydrogens is 384 g/mol. The number of ether oxygens (including phenoxy) is 1. The van der Waals surface area contributed by atoms with Crippen LogP contribution in [0.4, 0.5) is 5.69 Å². The van der Waals surface area contributed by atoms with Crippen molar-refractivity contribution in [2.45, 2.75) is 32.1 Å². The molecular formula is C19H20N2O4S2. The summed E-state index contributed by atoms with van der Waals surface area (Å²) >= 11 is 6.24. The number of nitrogens with one attached hydrogen (secondary N) is 1. The number of carbonyl (C=O) groups excluding carboxylic acids is 2. The first kappa shape index (κ1) is 18.5. The zero-order valence-corrected chi connectivity index (χ0v) is 16.4. The Morgan fingerprint density at radius 1 is 1.30 bits per heavy atom. The molecule has 2 heterocycles. The molecule has 0 aromatic heterocycles. The number of hydroxylamine groups is 1. The molecule has 1 saturated carbocycles. The van der Waals surface area contributed by atoms with E-state index in [2.05, 4.69) is 5.32 Å². The van der Waals surface area contributed by atoms with Crippen LogP contribution in [0.25, 0.3) is 6.08 Å². The Balaban J connectivity index is 1.55. The first-order valence-electron chi connectivity index (χ1n) is 9.08. The van der Waals surface area contributed by atoms with E-state index in [1.807, 2.05) is 6.07 Å². The van der Waals surface area contributed by atoms with E-state index in [9.17, 15) is 9.59 Å². The van der Waals surface area contributed by atoms with Crippen LogP contribution in [0.15, 0.2) is 23.1 Å². The second-order valence-electron chi connectivity index (χ2n) is 6.86. The molecule has 1 aromatic carbocycles. The van der Waals surface area contributed by atoms with Gasteiger partial charge in [-0.15, -0.1) is 0 Å². The number of thiocarbonyl (C=S) groups is 1. The standard InChI is InChI=1S/C19H20N2O4S2/c22-17-11-24-15-7-6-13(9-16-18(23)20-19(26)27-16)8-14(15)21(17)25-10-12-4-2-1-3-5-12/h6-9,12H,1-5,10-11H2,(H,20,23,26). The van der Waals surface area contributed by atoms with Gasteiger partial charge in [-0.05, 0) is 42.5 Å². The van der Waals surface area contributed by atoms with Gasteiger partial charge in [-0.2, -0.15) is 5.06 Å². The number of thioether (sulfide) groups is 1. The fourth-order valence-electron chi connectivity index (χ4n) is 3.49. The second kappa shape index (κ2) is 8.00. The van der Waals surface area contributed by atoms with Crippen molar-refractivity contribution in [1.82, 2.24) is 5.32 Å². The number of benzene rings is 1. The number of nitrogens with zero attached hydrogens (tertiary/aromatic N) is 1.